The van der Waals surface area contributed by atoms with E-state index in [1.807, 2.05) is 23.9 Å². The monoisotopic (exact) mass is 435 g/mol. The lowest BCUT2D eigenvalue weighted by molar-refractivity contribution is 0.476. The van der Waals surface area contributed by atoms with Crippen molar-refractivity contribution in [3.63, 3.8) is 0 Å². The molecule has 0 bridgehead atoms. The molecular formula is C26H26ClNOS. The van der Waals surface area contributed by atoms with Gasteiger partial charge in [-0.25, -0.2) is 0 Å². The fourth-order valence-electron chi connectivity index (χ4n) is 3.86. The minimum Gasteiger partial charge on any atom is -0.506 e. The van der Waals surface area contributed by atoms with Gasteiger partial charge < -0.3 is 10.4 Å². The zero-order chi connectivity index (χ0) is 21.1. The predicted molar refractivity (Wildman–Crippen MR) is 132 cm³/mol. The van der Waals surface area contributed by atoms with E-state index in [0.717, 1.165) is 34.7 Å². The molecule has 1 heterocycles. The minimum atomic E-state index is -0.0908. The van der Waals surface area contributed by atoms with Gasteiger partial charge in [-0.05, 0) is 60.9 Å². The third-order valence-electron chi connectivity index (χ3n) is 5.28. The smallest absolute Gasteiger partial charge is 0.134 e. The van der Waals surface area contributed by atoms with Crippen LogP contribution in [0.3, 0.4) is 0 Å². The van der Waals surface area contributed by atoms with E-state index in [1.54, 1.807) is 6.07 Å². The summed E-state index contributed by atoms with van der Waals surface area (Å²) in [5.41, 5.74) is 6.83. The Morgan fingerprint density at radius 2 is 1.77 bits per heavy atom. The third-order valence-corrected chi connectivity index (χ3v) is 6.69. The molecule has 1 aliphatic heterocycles. The molecule has 0 radical (unpaired) electrons. The molecular weight excluding hydrogens is 410 g/mol. The van der Waals surface area contributed by atoms with Crippen molar-refractivity contribution in [1.82, 2.24) is 0 Å². The van der Waals surface area contributed by atoms with Gasteiger partial charge in [0.2, 0.25) is 0 Å². The quantitative estimate of drug-likeness (QED) is 0.399. The largest absolute Gasteiger partial charge is 0.506 e. The summed E-state index contributed by atoms with van der Waals surface area (Å²) >= 11 is 8.33. The van der Waals surface area contributed by atoms with Crippen LogP contribution in [0.1, 0.15) is 25.0 Å². The van der Waals surface area contributed by atoms with Crippen molar-refractivity contribution in [1.29, 1.82) is 0 Å². The first-order valence-electron chi connectivity index (χ1n) is 10.2. The van der Waals surface area contributed by atoms with Crippen LogP contribution in [0.4, 0.5) is 5.69 Å². The third kappa shape index (κ3) is 4.69. The Morgan fingerprint density at radius 1 is 0.967 bits per heavy atom. The van der Waals surface area contributed by atoms with Gasteiger partial charge in [-0.3, -0.25) is 0 Å². The van der Waals surface area contributed by atoms with Crippen molar-refractivity contribution in [2.75, 3.05) is 16.8 Å². The zero-order valence-corrected chi connectivity index (χ0v) is 18.9. The zero-order valence-electron chi connectivity index (χ0n) is 17.3. The molecule has 0 spiro atoms. The number of hydrogen-bond acceptors (Lipinski definition) is 3. The van der Waals surface area contributed by atoms with Crippen molar-refractivity contribution in [2.24, 2.45) is 0 Å². The number of thioether (sulfide) groups is 1. The Morgan fingerprint density at radius 3 is 2.57 bits per heavy atom. The number of halogens is 1. The Hall–Kier alpha value is -2.36. The summed E-state index contributed by atoms with van der Waals surface area (Å²) in [7, 11) is 0. The van der Waals surface area contributed by atoms with Gasteiger partial charge in [-0.2, -0.15) is 11.8 Å². The molecule has 0 atom stereocenters. The molecule has 0 saturated heterocycles. The van der Waals surface area contributed by atoms with E-state index in [9.17, 15) is 5.11 Å². The number of aromatic hydroxyl groups is 1. The van der Waals surface area contributed by atoms with Gasteiger partial charge >= 0.3 is 0 Å². The molecule has 1 aliphatic rings. The standard InChI is InChI=1S/C26H26ClNOS/c1-26(2)16-20(17-30-14-13-18-7-4-3-5-8-18)22-15-19(11-12-23(22)28-26)21-9-6-10-24(29)25(21)27/h3-12,15-16,28-29H,13-14,17H2,1-2H3. The molecule has 4 rings (SSSR count). The lowest BCUT2D eigenvalue weighted by atomic mass is 9.89. The second kappa shape index (κ2) is 8.79. The van der Waals surface area contributed by atoms with Crippen LogP contribution in [0.5, 0.6) is 5.75 Å². The SMILES string of the molecule is CC1(C)C=C(CSCCc2ccccc2)c2cc(-c3cccc(O)c3Cl)ccc2N1. The van der Waals surface area contributed by atoms with E-state index in [0.29, 0.717) is 5.02 Å². The van der Waals surface area contributed by atoms with E-state index in [2.05, 4.69) is 73.8 Å². The Labute approximate surface area is 188 Å². The molecule has 0 aliphatic carbocycles. The fourth-order valence-corrected chi connectivity index (χ4v) is 5.08. The van der Waals surface area contributed by atoms with Gasteiger partial charge in [-0.15, -0.1) is 0 Å². The maximum atomic E-state index is 10.00. The summed E-state index contributed by atoms with van der Waals surface area (Å²) in [4.78, 5) is 0. The van der Waals surface area contributed by atoms with E-state index in [4.69, 9.17) is 11.6 Å². The van der Waals surface area contributed by atoms with Gasteiger partial charge in [0.05, 0.1) is 10.6 Å². The highest BCUT2D eigenvalue weighted by atomic mass is 35.5. The van der Waals surface area contributed by atoms with Crippen molar-refractivity contribution in [3.05, 3.63) is 89.0 Å². The highest BCUT2D eigenvalue weighted by Gasteiger charge is 2.24. The molecule has 0 saturated carbocycles. The van der Waals surface area contributed by atoms with Crippen LogP contribution in [0.2, 0.25) is 5.02 Å². The number of phenolic OH excluding ortho intramolecular Hbond substituents is 1. The van der Waals surface area contributed by atoms with Gasteiger partial charge in [0.15, 0.2) is 0 Å². The minimum absolute atomic E-state index is 0.0908. The van der Waals surface area contributed by atoms with Crippen LogP contribution in [0, 0.1) is 0 Å². The van der Waals surface area contributed by atoms with Gasteiger partial charge in [0.1, 0.15) is 5.75 Å². The van der Waals surface area contributed by atoms with Gasteiger partial charge in [-0.1, -0.05) is 66.2 Å². The normalized spacial score (nSPS) is 14.6. The van der Waals surface area contributed by atoms with E-state index in [-0.39, 0.29) is 11.3 Å². The van der Waals surface area contributed by atoms with E-state index in [1.165, 1.54) is 16.7 Å². The maximum Gasteiger partial charge on any atom is 0.134 e. The number of fused-ring (bicyclic) bond motifs is 1. The van der Waals surface area contributed by atoms with Crippen LogP contribution < -0.4 is 5.32 Å². The van der Waals surface area contributed by atoms with Crippen LogP contribution in [0.15, 0.2) is 72.8 Å². The average Bonchev–Trinajstić information content (AvgIpc) is 2.73. The molecule has 3 aromatic carbocycles. The molecule has 0 unspecified atom stereocenters. The number of anilines is 1. The maximum absolute atomic E-state index is 10.00. The number of phenols is 1. The molecule has 2 N–H and O–H groups in total. The lowest BCUT2D eigenvalue weighted by Gasteiger charge is -2.32. The first-order chi connectivity index (χ1) is 14.4. The number of nitrogens with one attached hydrogen (secondary N) is 1. The highest BCUT2D eigenvalue weighted by molar-refractivity contribution is 7.99. The predicted octanol–water partition coefficient (Wildman–Crippen LogP) is 7.28. The van der Waals surface area contributed by atoms with Crippen LogP contribution >= 0.6 is 23.4 Å². The molecule has 0 aromatic heterocycles. The molecule has 2 nitrogen and oxygen atoms in total. The number of rotatable bonds is 6. The molecule has 30 heavy (non-hydrogen) atoms. The number of aryl methyl sites for hydroxylation is 1. The van der Waals surface area contributed by atoms with Crippen molar-refractivity contribution in [3.8, 4) is 16.9 Å². The Balaban J connectivity index is 1.57. The number of hydrogen-bond donors (Lipinski definition) is 2. The van der Waals surface area contributed by atoms with Crippen LogP contribution in [0.25, 0.3) is 16.7 Å². The van der Waals surface area contributed by atoms with Crippen molar-refractivity contribution in [2.45, 2.75) is 25.8 Å². The molecule has 4 heteroatoms. The molecule has 0 fully saturated rings. The van der Waals surface area contributed by atoms with Crippen molar-refractivity contribution >= 4 is 34.6 Å². The highest BCUT2D eigenvalue weighted by Crippen LogP contribution is 2.40. The molecule has 154 valence electrons. The van der Waals surface area contributed by atoms with Gasteiger partial charge in [0, 0.05) is 22.6 Å². The summed E-state index contributed by atoms with van der Waals surface area (Å²) in [6, 6.07) is 22.4. The lowest BCUT2D eigenvalue weighted by Crippen LogP contribution is -2.32. The first-order valence-corrected chi connectivity index (χ1v) is 11.7. The Kier molecular flexibility index (Phi) is 6.12. The molecule has 0 amide bonds. The topological polar surface area (TPSA) is 32.3 Å². The Bertz CT molecular complexity index is 1080. The second-order valence-corrected chi connectivity index (χ2v) is 9.69. The first kappa shape index (κ1) is 20.9. The summed E-state index contributed by atoms with van der Waals surface area (Å²) in [5, 5.41) is 14.0. The summed E-state index contributed by atoms with van der Waals surface area (Å²) in [6.45, 7) is 4.40. The average molecular weight is 436 g/mol. The summed E-state index contributed by atoms with van der Waals surface area (Å²) in [6.07, 6.45) is 3.41. The van der Waals surface area contributed by atoms with Crippen molar-refractivity contribution < 1.29 is 5.11 Å². The van der Waals surface area contributed by atoms with Gasteiger partial charge in [0.25, 0.3) is 0 Å². The second-order valence-electron chi connectivity index (χ2n) is 8.20. The molecule has 3 aromatic rings. The van der Waals surface area contributed by atoms with E-state index >= 15 is 0 Å². The summed E-state index contributed by atoms with van der Waals surface area (Å²) in [5.74, 6) is 2.16. The fraction of sp³-hybridized carbons (Fsp3) is 0.231. The van der Waals surface area contributed by atoms with Crippen LogP contribution in [-0.2, 0) is 6.42 Å². The van der Waals surface area contributed by atoms with E-state index < -0.39 is 0 Å². The summed E-state index contributed by atoms with van der Waals surface area (Å²) < 4.78 is 0. The number of benzene rings is 3. The van der Waals surface area contributed by atoms with Crippen LogP contribution in [-0.4, -0.2) is 22.2 Å².